The van der Waals surface area contributed by atoms with E-state index in [2.05, 4.69) is 15.0 Å². The van der Waals surface area contributed by atoms with Crippen LogP contribution in [0.25, 0.3) is 0 Å². The van der Waals surface area contributed by atoms with Crippen LogP contribution in [0.5, 0.6) is 0 Å². The van der Waals surface area contributed by atoms with Gasteiger partial charge in [0.25, 0.3) is 0 Å². The molecule has 0 bridgehead atoms. The molecule has 4 nitrogen and oxygen atoms in total. The first-order valence-electron chi connectivity index (χ1n) is 3.31. The highest BCUT2D eigenvalue weighted by atomic mass is 32.2. The van der Waals surface area contributed by atoms with Crippen LogP contribution in [0.1, 0.15) is 0 Å². The Morgan fingerprint density at radius 2 is 2.73 bits per heavy atom. The van der Waals surface area contributed by atoms with Crippen molar-refractivity contribution in [2.24, 2.45) is 4.99 Å². The topological polar surface area (TPSA) is 50.7 Å². The van der Waals surface area contributed by atoms with Crippen molar-refractivity contribution in [3.8, 4) is 0 Å². The maximum Gasteiger partial charge on any atom is 0.325 e. The highest BCUT2D eigenvalue weighted by Crippen LogP contribution is 2.08. The number of methoxy groups -OCH3 is 1. The monoisotopic (exact) mass is 174 g/mol. The summed E-state index contributed by atoms with van der Waals surface area (Å²) >= 11 is 1.63. The van der Waals surface area contributed by atoms with Crippen molar-refractivity contribution >= 4 is 22.9 Å². The van der Waals surface area contributed by atoms with E-state index >= 15 is 0 Å². The SMILES string of the molecule is COC(=O)CNC1=NCCS1. The van der Waals surface area contributed by atoms with E-state index in [0.29, 0.717) is 0 Å². The van der Waals surface area contributed by atoms with Gasteiger partial charge in [-0.05, 0) is 0 Å². The first-order valence-corrected chi connectivity index (χ1v) is 4.29. The van der Waals surface area contributed by atoms with Crippen LogP contribution in [0.2, 0.25) is 0 Å². The number of hydrogen-bond acceptors (Lipinski definition) is 5. The van der Waals surface area contributed by atoms with Crippen LogP contribution in [0.3, 0.4) is 0 Å². The molecule has 0 amide bonds. The number of amidine groups is 1. The van der Waals surface area contributed by atoms with Gasteiger partial charge in [0.15, 0.2) is 5.17 Å². The molecule has 0 radical (unpaired) electrons. The number of esters is 1. The van der Waals surface area contributed by atoms with E-state index in [-0.39, 0.29) is 12.5 Å². The Bertz CT molecular complexity index is 181. The van der Waals surface area contributed by atoms with E-state index in [1.807, 2.05) is 0 Å². The predicted octanol–water partition coefficient (Wildman–Crippen LogP) is -0.148. The van der Waals surface area contributed by atoms with Crippen LogP contribution in [-0.2, 0) is 9.53 Å². The molecule has 0 saturated carbocycles. The first kappa shape index (κ1) is 8.39. The Labute approximate surface area is 69.4 Å². The van der Waals surface area contributed by atoms with Gasteiger partial charge in [0.2, 0.25) is 0 Å². The van der Waals surface area contributed by atoms with Crippen LogP contribution >= 0.6 is 11.8 Å². The lowest BCUT2D eigenvalue weighted by atomic mass is 10.6. The highest BCUT2D eigenvalue weighted by molar-refractivity contribution is 8.14. The van der Waals surface area contributed by atoms with Crippen molar-refractivity contribution in [2.45, 2.75) is 0 Å². The minimum Gasteiger partial charge on any atom is -0.468 e. The molecular weight excluding hydrogens is 164 g/mol. The molecule has 1 aliphatic heterocycles. The van der Waals surface area contributed by atoms with Gasteiger partial charge in [-0.1, -0.05) is 11.8 Å². The van der Waals surface area contributed by atoms with Crippen LogP contribution in [0.4, 0.5) is 0 Å². The van der Waals surface area contributed by atoms with Gasteiger partial charge in [0.1, 0.15) is 6.54 Å². The molecule has 1 N–H and O–H groups in total. The molecular formula is C6H10N2O2S. The number of thioether (sulfide) groups is 1. The molecule has 0 atom stereocenters. The molecule has 1 heterocycles. The van der Waals surface area contributed by atoms with Crippen molar-refractivity contribution in [1.29, 1.82) is 0 Å². The fourth-order valence-corrected chi connectivity index (χ4v) is 1.39. The molecule has 1 aliphatic rings. The molecule has 0 aromatic rings. The van der Waals surface area contributed by atoms with E-state index < -0.39 is 0 Å². The summed E-state index contributed by atoms with van der Waals surface area (Å²) in [5.41, 5.74) is 0. The summed E-state index contributed by atoms with van der Waals surface area (Å²) in [4.78, 5) is 14.7. The summed E-state index contributed by atoms with van der Waals surface area (Å²) < 4.78 is 4.44. The summed E-state index contributed by atoms with van der Waals surface area (Å²) in [6, 6.07) is 0. The maximum atomic E-state index is 10.6. The Hall–Kier alpha value is -0.710. The number of nitrogens with zero attached hydrogens (tertiary/aromatic N) is 1. The normalized spacial score (nSPS) is 15.9. The Morgan fingerprint density at radius 3 is 3.27 bits per heavy atom. The second-order valence-corrected chi connectivity index (χ2v) is 3.05. The van der Waals surface area contributed by atoms with Crippen LogP contribution in [0.15, 0.2) is 4.99 Å². The second-order valence-electron chi connectivity index (χ2n) is 1.97. The van der Waals surface area contributed by atoms with Gasteiger partial charge in [-0.15, -0.1) is 0 Å². The van der Waals surface area contributed by atoms with E-state index in [9.17, 15) is 4.79 Å². The zero-order valence-electron chi connectivity index (χ0n) is 6.29. The average Bonchev–Trinajstić information content (AvgIpc) is 2.52. The maximum absolute atomic E-state index is 10.6. The largest absolute Gasteiger partial charge is 0.468 e. The third kappa shape index (κ3) is 2.80. The number of carbonyl (C=O) groups is 1. The molecule has 62 valence electrons. The van der Waals surface area contributed by atoms with Crippen molar-refractivity contribution < 1.29 is 9.53 Å². The lowest BCUT2D eigenvalue weighted by molar-refractivity contribution is -0.139. The second kappa shape index (κ2) is 4.23. The summed E-state index contributed by atoms with van der Waals surface area (Å²) in [5.74, 6) is 0.740. The summed E-state index contributed by atoms with van der Waals surface area (Å²) in [7, 11) is 1.37. The molecule has 0 saturated heterocycles. The molecule has 0 unspecified atom stereocenters. The number of carbonyl (C=O) groups excluding carboxylic acids is 1. The van der Waals surface area contributed by atoms with E-state index in [0.717, 1.165) is 17.5 Å². The first-order chi connectivity index (χ1) is 5.33. The fraction of sp³-hybridized carbons (Fsp3) is 0.667. The molecule has 11 heavy (non-hydrogen) atoms. The Kier molecular flexibility index (Phi) is 3.22. The highest BCUT2D eigenvalue weighted by Gasteiger charge is 2.07. The van der Waals surface area contributed by atoms with Crippen molar-refractivity contribution in [3.05, 3.63) is 0 Å². The van der Waals surface area contributed by atoms with Gasteiger partial charge in [-0.3, -0.25) is 9.79 Å². The zero-order valence-corrected chi connectivity index (χ0v) is 7.11. The van der Waals surface area contributed by atoms with Crippen LogP contribution in [-0.4, -0.2) is 37.1 Å². The van der Waals surface area contributed by atoms with Crippen LogP contribution < -0.4 is 5.32 Å². The van der Waals surface area contributed by atoms with Gasteiger partial charge in [-0.2, -0.15) is 0 Å². The molecule has 0 spiro atoms. The third-order valence-corrected chi connectivity index (χ3v) is 2.13. The molecule has 0 fully saturated rings. The zero-order chi connectivity index (χ0) is 8.10. The van der Waals surface area contributed by atoms with E-state index in [4.69, 9.17) is 0 Å². The summed E-state index contributed by atoms with van der Waals surface area (Å²) in [6.07, 6.45) is 0. The molecule has 5 heteroatoms. The average molecular weight is 174 g/mol. The molecule has 0 aromatic heterocycles. The number of ether oxygens (including phenoxy) is 1. The third-order valence-electron chi connectivity index (χ3n) is 1.20. The molecule has 0 aliphatic carbocycles. The van der Waals surface area contributed by atoms with E-state index in [1.165, 1.54) is 7.11 Å². The van der Waals surface area contributed by atoms with Crippen molar-refractivity contribution in [3.63, 3.8) is 0 Å². The minimum absolute atomic E-state index is 0.211. The number of rotatable bonds is 2. The quantitative estimate of drug-likeness (QED) is 0.592. The number of nitrogens with one attached hydrogen (secondary N) is 1. The predicted molar refractivity (Wildman–Crippen MR) is 44.8 cm³/mol. The fourth-order valence-electron chi connectivity index (χ4n) is 0.662. The van der Waals surface area contributed by atoms with Gasteiger partial charge in [0.05, 0.1) is 13.7 Å². The Morgan fingerprint density at radius 1 is 1.91 bits per heavy atom. The van der Waals surface area contributed by atoms with E-state index in [1.54, 1.807) is 11.8 Å². The van der Waals surface area contributed by atoms with Crippen LogP contribution in [0, 0.1) is 0 Å². The van der Waals surface area contributed by atoms with Crippen molar-refractivity contribution in [1.82, 2.24) is 5.32 Å². The smallest absolute Gasteiger partial charge is 0.325 e. The lowest BCUT2D eigenvalue weighted by Gasteiger charge is -2.01. The molecule has 0 aromatic carbocycles. The van der Waals surface area contributed by atoms with Gasteiger partial charge < -0.3 is 10.1 Å². The van der Waals surface area contributed by atoms with Gasteiger partial charge in [0, 0.05) is 5.75 Å². The lowest BCUT2D eigenvalue weighted by Crippen LogP contribution is -2.27. The Balaban J connectivity index is 2.16. The number of aliphatic imine (C=N–C) groups is 1. The molecule has 1 rings (SSSR count). The number of hydrogen-bond donors (Lipinski definition) is 1. The summed E-state index contributed by atoms with van der Waals surface area (Å²) in [6.45, 7) is 1.05. The van der Waals surface area contributed by atoms with Gasteiger partial charge in [-0.25, -0.2) is 0 Å². The van der Waals surface area contributed by atoms with Gasteiger partial charge >= 0.3 is 5.97 Å². The standard InChI is InChI=1S/C6H10N2O2S/c1-10-5(9)4-8-6-7-2-3-11-6/h2-4H2,1H3,(H,7,8). The minimum atomic E-state index is -0.264. The van der Waals surface area contributed by atoms with Crippen molar-refractivity contribution in [2.75, 3.05) is 26.0 Å². The summed E-state index contributed by atoms with van der Waals surface area (Å²) in [5, 5.41) is 3.71.